The molecule has 0 aromatic heterocycles. The van der Waals surface area contributed by atoms with Gasteiger partial charge in [0, 0.05) is 20.6 Å². The van der Waals surface area contributed by atoms with E-state index in [-0.39, 0.29) is 35.7 Å². The number of hydrogen-bond donors (Lipinski definition) is 1. The average Bonchev–Trinajstić information content (AvgIpc) is 3.02. The number of thioether (sulfide) groups is 1. The molecule has 2 heterocycles. The molecule has 0 radical (unpaired) electrons. The third-order valence-corrected chi connectivity index (χ3v) is 7.17. The highest BCUT2D eigenvalue weighted by molar-refractivity contribution is 9.11. The van der Waals surface area contributed by atoms with Gasteiger partial charge in [0.1, 0.15) is 5.75 Å². The number of ketones is 1. The van der Waals surface area contributed by atoms with Crippen LogP contribution in [0.2, 0.25) is 0 Å². The van der Waals surface area contributed by atoms with Gasteiger partial charge in [-0.25, -0.2) is 9.59 Å². The van der Waals surface area contributed by atoms with Crippen LogP contribution in [0.3, 0.4) is 0 Å². The van der Waals surface area contributed by atoms with E-state index in [0.29, 0.717) is 14.0 Å². The molecule has 32 heavy (non-hydrogen) atoms. The lowest BCUT2D eigenvalue weighted by molar-refractivity contribution is -0.150. The number of hydrogen-bond acceptors (Lipinski definition) is 8. The number of carbonyl (C=O) groups excluding carboxylic acids is 3. The van der Waals surface area contributed by atoms with E-state index in [0.717, 1.165) is 10.6 Å². The summed E-state index contributed by atoms with van der Waals surface area (Å²) in [5.74, 6) is -2.34. The quantitative estimate of drug-likeness (QED) is 0.366. The van der Waals surface area contributed by atoms with Crippen LogP contribution < -0.4 is 0 Å². The lowest BCUT2D eigenvalue weighted by atomic mass is 9.90. The van der Waals surface area contributed by atoms with Crippen molar-refractivity contribution >= 4 is 61.3 Å². The Balaban J connectivity index is 2.28. The first kappa shape index (κ1) is 24.6. The largest absolute Gasteiger partial charge is 0.506 e. The first-order valence-electron chi connectivity index (χ1n) is 9.79. The third-order valence-electron chi connectivity index (χ3n) is 4.98. The minimum Gasteiger partial charge on any atom is -0.506 e. The van der Waals surface area contributed by atoms with E-state index in [9.17, 15) is 19.5 Å². The lowest BCUT2D eigenvalue weighted by Gasteiger charge is -2.34. The summed E-state index contributed by atoms with van der Waals surface area (Å²) in [6.07, 6.45) is 1.56. The van der Waals surface area contributed by atoms with Gasteiger partial charge in [-0.05, 0) is 61.8 Å². The normalized spacial score (nSPS) is 17.9. The number of carbonyl (C=O) groups is 3. The van der Waals surface area contributed by atoms with Crippen molar-refractivity contribution in [2.24, 2.45) is 0 Å². The van der Waals surface area contributed by atoms with Gasteiger partial charge >= 0.3 is 11.9 Å². The first-order chi connectivity index (χ1) is 15.1. The number of benzene rings is 1. The van der Waals surface area contributed by atoms with E-state index in [1.807, 2.05) is 13.8 Å². The van der Waals surface area contributed by atoms with Crippen molar-refractivity contribution in [2.45, 2.75) is 33.7 Å². The Hall–Kier alpha value is -2.04. The number of phenols is 1. The fraction of sp³-hybridized carbons (Fsp3) is 0.318. The summed E-state index contributed by atoms with van der Waals surface area (Å²) in [5.41, 5.74) is 0.605. The van der Waals surface area contributed by atoms with Crippen LogP contribution in [0.1, 0.15) is 38.1 Å². The molecule has 1 aromatic carbocycles. The van der Waals surface area contributed by atoms with Gasteiger partial charge < -0.3 is 19.5 Å². The van der Waals surface area contributed by atoms with Gasteiger partial charge in [-0.15, -0.1) is 0 Å². The zero-order chi connectivity index (χ0) is 23.7. The van der Waals surface area contributed by atoms with Gasteiger partial charge in [0.2, 0.25) is 0 Å². The fourth-order valence-electron chi connectivity index (χ4n) is 3.46. The van der Waals surface area contributed by atoms with Gasteiger partial charge in [0.05, 0.1) is 33.9 Å². The number of aromatic hydroxyl groups is 1. The molecule has 0 saturated heterocycles. The zero-order valence-corrected chi connectivity index (χ0v) is 21.8. The SMILES string of the molecule is CCOC(=O)C1=C(C(=O)c2cc(Br)cc(Br)c2O)C=C2SC(C)=C(C)N2C1C(=O)OCC. The number of phenolic OH excluding ortho intramolecular Hbond substituents is 1. The van der Waals surface area contributed by atoms with Crippen molar-refractivity contribution in [1.29, 1.82) is 0 Å². The summed E-state index contributed by atoms with van der Waals surface area (Å²) in [6.45, 7) is 7.21. The predicted molar refractivity (Wildman–Crippen MR) is 128 cm³/mol. The molecule has 0 spiro atoms. The van der Waals surface area contributed by atoms with Crippen molar-refractivity contribution in [3.05, 3.63) is 59.5 Å². The molecular weight excluding hydrogens is 566 g/mol. The number of ether oxygens (including phenoxy) is 2. The minimum atomic E-state index is -1.18. The number of allylic oxidation sites excluding steroid dienone is 4. The Morgan fingerprint density at radius 3 is 2.41 bits per heavy atom. The number of fused-ring (bicyclic) bond motifs is 1. The maximum Gasteiger partial charge on any atom is 0.337 e. The van der Waals surface area contributed by atoms with Crippen LogP contribution in [-0.2, 0) is 19.1 Å². The molecule has 1 N–H and O–H groups in total. The summed E-state index contributed by atoms with van der Waals surface area (Å²) in [4.78, 5) is 42.3. The van der Waals surface area contributed by atoms with Gasteiger partial charge in [0.15, 0.2) is 11.8 Å². The fourth-order valence-corrected chi connectivity index (χ4v) is 5.76. The molecule has 0 amide bonds. The van der Waals surface area contributed by atoms with Crippen molar-refractivity contribution in [2.75, 3.05) is 13.2 Å². The van der Waals surface area contributed by atoms with Crippen LogP contribution in [0.15, 0.2) is 53.9 Å². The molecule has 170 valence electrons. The summed E-state index contributed by atoms with van der Waals surface area (Å²) in [7, 11) is 0. The highest BCUT2D eigenvalue weighted by Gasteiger charge is 2.46. The van der Waals surface area contributed by atoms with E-state index in [4.69, 9.17) is 9.47 Å². The Kier molecular flexibility index (Phi) is 7.57. The Labute approximate surface area is 206 Å². The smallest absolute Gasteiger partial charge is 0.337 e. The molecule has 0 saturated carbocycles. The summed E-state index contributed by atoms with van der Waals surface area (Å²) >= 11 is 7.93. The van der Waals surface area contributed by atoms with Gasteiger partial charge in [-0.2, -0.15) is 0 Å². The molecule has 1 aromatic rings. The number of Topliss-reactive ketones (excluding diaryl/α,β-unsaturated/α-hetero) is 1. The predicted octanol–water partition coefficient (Wildman–Crippen LogP) is 5.05. The lowest BCUT2D eigenvalue weighted by Crippen LogP contribution is -2.45. The number of halogens is 2. The van der Waals surface area contributed by atoms with Crippen molar-refractivity contribution < 1.29 is 29.0 Å². The first-order valence-corrected chi connectivity index (χ1v) is 12.2. The van der Waals surface area contributed by atoms with Crippen LogP contribution in [0.5, 0.6) is 5.75 Å². The van der Waals surface area contributed by atoms with Crippen molar-refractivity contribution in [1.82, 2.24) is 4.90 Å². The average molecular weight is 587 g/mol. The summed E-state index contributed by atoms with van der Waals surface area (Å²) in [6, 6.07) is 1.87. The molecule has 0 bridgehead atoms. The van der Waals surface area contributed by atoms with E-state index >= 15 is 0 Å². The minimum absolute atomic E-state index is 0.0250. The van der Waals surface area contributed by atoms with Crippen molar-refractivity contribution in [3.8, 4) is 5.75 Å². The molecule has 1 unspecified atom stereocenters. The van der Waals surface area contributed by atoms with Gasteiger partial charge in [-0.1, -0.05) is 27.7 Å². The van der Waals surface area contributed by atoms with E-state index in [1.54, 1.807) is 30.9 Å². The number of esters is 2. The van der Waals surface area contributed by atoms with Crippen LogP contribution in [0.25, 0.3) is 0 Å². The van der Waals surface area contributed by atoms with Crippen LogP contribution in [-0.4, -0.2) is 47.0 Å². The summed E-state index contributed by atoms with van der Waals surface area (Å²) in [5, 5.41) is 11.1. The van der Waals surface area contributed by atoms with Crippen LogP contribution >= 0.6 is 43.6 Å². The summed E-state index contributed by atoms with van der Waals surface area (Å²) < 4.78 is 11.4. The standard InChI is InChI=1S/C22H21Br2NO6S/c1-5-30-21(28)17-13(19(26)14-7-12(23)8-15(24)20(14)27)9-16-25(10(3)11(4)32-16)18(17)22(29)31-6-2/h7-9,18,27H,5-6H2,1-4H3. The molecule has 10 heteroatoms. The molecule has 1 atom stereocenters. The second-order valence-electron chi connectivity index (χ2n) is 6.91. The topological polar surface area (TPSA) is 93.1 Å². The van der Waals surface area contributed by atoms with E-state index < -0.39 is 23.8 Å². The Bertz CT molecular complexity index is 1110. The number of nitrogens with zero attached hydrogens (tertiary/aromatic N) is 1. The van der Waals surface area contributed by atoms with Crippen LogP contribution in [0, 0.1) is 0 Å². The van der Waals surface area contributed by atoms with E-state index in [1.165, 1.54) is 17.8 Å². The number of rotatable bonds is 6. The molecule has 0 aliphatic carbocycles. The molecule has 2 aliphatic rings. The van der Waals surface area contributed by atoms with Gasteiger partial charge in [0.25, 0.3) is 0 Å². The highest BCUT2D eigenvalue weighted by atomic mass is 79.9. The maximum absolute atomic E-state index is 13.6. The highest BCUT2D eigenvalue weighted by Crippen LogP contribution is 2.47. The van der Waals surface area contributed by atoms with Gasteiger partial charge in [-0.3, -0.25) is 4.79 Å². The Morgan fingerprint density at radius 2 is 1.78 bits per heavy atom. The second kappa shape index (κ2) is 9.84. The molecule has 3 rings (SSSR count). The molecule has 7 nitrogen and oxygen atoms in total. The van der Waals surface area contributed by atoms with Crippen LogP contribution in [0.4, 0.5) is 0 Å². The maximum atomic E-state index is 13.6. The molecular formula is C22H21Br2NO6S. The van der Waals surface area contributed by atoms with E-state index in [2.05, 4.69) is 31.9 Å². The zero-order valence-electron chi connectivity index (χ0n) is 17.8. The molecule has 2 aliphatic heterocycles. The van der Waals surface area contributed by atoms with Crippen molar-refractivity contribution in [3.63, 3.8) is 0 Å². The second-order valence-corrected chi connectivity index (χ2v) is 9.92. The Morgan fingerprint density at radius 1 is 1.12 bits per heavy atom. The molecule has 0 fully saturated rings. The monoisotopic (exact) mass is 585 g/mol. The third kappa shape index (κ3) is 4.40.